The van der Waals surface area contributed by atoms with Gasteiger partial charge in [-0.25, -0.2) is 0 Å². The lowest BCUT2D eigenvalue weighted by Gasteiger charge is -2.23. The van der Waals surface area contributed by atoms with Crippen LogP contribution in [0.2, 0.25) is 0 Å². The summed E-state index contributed by atoms with van der Waals surface area (Å²) in [6.45, 7) is 7.30. The summed E-state index contributed by atoms with van der Waals surface area (Å²) in [4.78, 5) is 0. The predicted molar refractivity (Wildman–Crippen MR) is 96.0 cm³/mol. The van der Waals surface area contributed by atoms with E-state index in [1.807, 2.05) is 6.07 Å². The van der Waals surface area contributed by atoms with Gasteiger partial charge in [-0.05, 0) is 74.4 Å². The van der Waals surface area contributed by atoms with Gasteiger partial charge in [-0.1, -0.05) is 42.5 Å². The minimum Gasteiger partial charge on any atom is -0.488 e. The Labute approximate surface area is 139 Å². The summed E-state index contributed by atoms with van der Waals surface area (Å²) in [5, 5.41) is 3.51. The molecule has 23 heavy (non-hydrogen) atoms. The zero-order valence-electron chi connectivity index (χ0n) is 14.3. The molecular weight excluding hydrogens is 282 g/mol. The Morgan fingerprint density at radius 2 is 1.78 bits per heavy atom. The van der Waals surface area contributed by atoms with Crippen LogP contribution in [-0.2, 0) is 13.0 Å². The van der Waals surface area contributed by atoms with Gasteiger partial charge in [0.05, 0.1) is 0 Å². The molecule has 0 aliphatic carbocycles. The van der Waals surface area contributed by atoms with Gasteiger partial charge in [0.25, 0.3) is 0 Å². The highest BCUT2D eigenvalue weighted by atomic mass is 16.5. The van der Waals surface area contributed by atoms with Crippen LogP contribution >= 0.6 is 0 Å². The molecule has 1 fully saturated rings. The van der Waals surface area contributed by atoms with Crippen molar-refractivity contribution in [3.8, 4) is 5.75 Å². The minimum atomic E-state index is 0.633. The summed E-state index contributed by atoms with van der Waals surface area (Å²) < 4.78 is 6.09. The SMILES string of the molecule is Cc1cc(CC2CCCNC2)cc(C)c1OCc1ccccc1. The molecule has 1 N–H and O–H groups in total. The fourth-order valence-electron chi connectivity index (χ4n) is 3.55. The van der Waals surface area contributed by atoms with Crippen molar-refractivity contribution >= 4 is 0 Å². The lowest BCUT2D eigenvalue weighted by atomic mass is 9.91. The van der Waals surface area contributed by atoms with Crippen LogP contribution in [0.25, 0.3) is 0 Å². The number of piperidine rings is 1. The van der Waals surface area contributed by atoms with Gasteiger partial charge in [0.15, 0.2) is 0 Å². The fraction of sp³-hybridized carbons (Fsp3) is 0.429. The highest BCUT2D eigenvalue weighted by Gasteiger charge is 2.15. The number of aryl methyl sites for hydroxylation is 2. The monoisotopic (exact) mass is 309 g/mol. The normalized spacial score (nSPS) is 17.9. The number of benzene rings is 2. The zero-order chi connectivity index (χ0) is 16.1. The number of hydrogen-bond donors (Lipinski definition) is 1. The van der Waals surface area contributed by atoms with Gasteiger partial charge in [-0.3, -0.25) is 0 Å². The molecule has 2 nitrogen and oxygen atoms in total. The first kappa shape index (κ1) is 16.1. The maximum Gasteiger partial charge on any atom is 0.125 e. The molecule has 0 radical (unpaired) electrons. The van der Waals surface area contributed by atoms with E-state index in [2.05, 4.69) is 55.6 Å². The first-order chi connectivity index (χ1) is 11.2. The number of hydrogen-bond acceptors (Lipinski definition) is 2. The van der Waals surface area contributed by atoms with Crippen LogP contribution in [-0.4, -0.2) is 13.1 Å². The van der Waals surface area contributed by atoms with E-state index in [4.69, 9.17) is 4.74 Å². The van der Waals surface area contributed by atoms with Crippen molar-refractivity contribution in [2.45, 2.75) is 39.7 Å². The van der Waals surface area contributed by atoms with E-state index in [0.717, 1.165) is 18.2 Å². The predicted octanol–water partition coefficient (Wildman–Crippen LogP) is 4.42. The first-order valence-corrected chi connectivity index (χ1v) is 8.70. The van der Waals surface area contributed by atoms with Gasteiger partial charge < -0.3 is 10.1 Å². The maximum atomic E-state index is 6.09. The van der Waals surface area contributed by atoms with Gasteiger partial charge >= 0.3 is 0 Å². The molecule has 0 amide bonds. The van der Waals surface area contributed by atoms with Crippen molar-refractivity contribution in [2.24, 2.45) is 5.92 Å². The molecule has 0 aromatic heterocycles. The second-order valence-electron chi connectivity index (χ2n) is 6.75. The molecule has 1 atom stereocenters. The molecular formula is C21H27NO. The maximum absolute atomic E-state index is 6.09. The Balaban J connectivity index is 1.67. The topological polar surface area (TPSA) is 21.3 Å². The lowest BCUT2D eigenvalue weighted by molar-refractivity contribution is 0.301. The molecule has 2 aromatic rings. The quantitative estimate of drug-likeness (QED) is 0.882. The zero-order valence-corrected chi connectivity index (χ0v) is 14.3. The van der Waals surface area contributed by atoms with Crippen LogP contribution in [0, 0.1) is 19.8 Å². The molecule has 0 spiro atoms. The Bertz CT molecular complexity index is 607. The van der Waals surface area contributed by atoms with E-state index in [9.17, 15) is 0 Å². The molecule has 3 rings (SSSR count). The molecule has 1 unspecified atom stereocenters. The number of ether oxygens (including phenoxy) is 1. The van der Waals surface area contributed by atoms with E-state index >= 15 is 0 Å². The van der Waals surface area contributed by atoms with Crippen molar-refractivity contribution in [3.63, 3.8) is 0 Å². The molecule has 1 heterocycles. The highest BCUT2D eigenvalue weighted by molar-refractivity contribution is 5.43. The Hall–Kier alpha value is -1.80. The summed E-state index contributed by atoms with van der Waals surface area (Å²) >= 11 is 0. The molecule has 2 heteroatoms. The van der Waals surface area contributed by atoms with Crippen molar-refractivity contribution in [1.29, 1.82) is 0 Å². The summed E-state index contributed by atoms with van der Waals surface area (Å²) in [6.07, 6.45) is 3.83. The molecule has 122 valence electrons. The van der Waals surface area contributed by atoms with Gasteiger partial charge in [0.2, 0.25) is 0 Å². The third-order valence-corrected chi connectivity index (χ3v) is 4.67. The van der Waals surface area contributed by atoms with Gasteiger partial charge in [-0.15, -0.1) is 0 Å². The summed E-state index contributed by atoms with van der Waals surface area (Å²) in [7, 11) is 0. The van der Waals surface area contributed by atoms with E-state index in [-0.39, 0.29) is 0 Å². The van der Waals surface area contributed by atoms with Crippen LogP contribution < -0.4 is 10.1 Å². The van der Waals surface area contributed by atoms with Crippen molar-refractivity contribution in [1.82, 2.24) is 5.32 Å². The minimum absolute atomic E-state index is 0.633. The number of rotatable bonds is 5. The molecule has 0 saturated carbocycles. The van der Waals surface area contributed by atoms with Gasteiger partial charge in [-0.2, -0.15) is 0 Å². The standard InChI is InChI=1S/C21H27NO/c1-16-11-20(13-19-9-6-10-22-14-19)12-17(2)21(16)23-15-18-7-4-3-5-8-18/h3-5,7-8,11-12,19,22H,6,9-10,13-15H2,1-2H3. The smallest absolute Gasteiger partial charge is 0.125 e. The number of nitrogens with one attached hydrogen (secondary N) is 1. The Kier molecular flexibility index (Phi) is 5.35. The molecule has 1 saturated heterocycles. The molecule has 2 aromatic carbocycles. The Morgan fingerprint density at radius 3 is 2.43 bits per heavy atom. The fourth-order valence-corrected chi connectivity index (χ4v) is 3.55. The highest BCUT2D eigenvalue weighted by Crippen LogP contribution is 2.27. The van der Waals surface area contributed by atoms with Crippen LogP contribution in [0.5, 0.6) is 5.75 Å². The van der Waals surface area contributed by atoms with E-state index in [0.29, 0.717) is 6.61 Å². The van der Waals surface area contributed by atoms with Crippen LogP contribution in [0.1, 0.15) is 35.1 Å². The van der Waals surface area contributed by atoms with Crippen LogP contribution in [0.3, 0.4) is 0 Å². The molecule has 1 aliphatic heterocycles. The first-order valence-electron chi connectivity index (χ1n) is 8.70. The Morgan fingerprint density at radius 1 is 1.04 bits per heavy atom. The molecule has 1 aliphatic rings. The average molecular weight is 309 g/mol. The van der Waals surface area contributed by atoms with Crippen molar-refractivity contribution in [2.75, 3.05) is 13.1 Å². The van der Waals surface area contributed by atoms with Crippen molar-refractivity contribution in [3.05, 3.63) is 64.7 Å². The third-order valence-electron chi connectivity index (χ3n) is 4.67. The second-order valence-corrected chi connectivity index (χ2v) is 6.75. The van der Waals surface area contributed by atoms with Gasteiger partial charge in [0, 0.05) is 0 Å². The lowest BCUT2D eigenvalue weighted by Crippen LogP contribution is -2.30. The van der Waals surface area contributed by atoms with E-state index < -0.39 is 0 Å². The summed E-state index contributed by atoms with van der Waals surface area (Å²) in [5.41, 5.74) is 5.16. The van der Waals surface area contributed by atoms with Crippen LogP contribution in [0.4, 0.5) is 0 Å². The van der Waals surface area contributed by atoms with E-state index in [1.54, 1.807) is 0 Å². The van der Waals surface area contributed by atoms with Crippen molar-refractivity contribution < 1.29 is 4.74 Å². The largest absolute Gasteiger partial charge is 0.488 e. The molecule has 0 bridgehead atoms. The van der Waals surface area contributed by atoms with Crippen LogP contribution in [0.15, 0.2) is 42.5 Å². The second kappa shape index (κ2) is 7.65. The average Bonchev–Trinajstić information content (AvgIpc) is 2.56. The van der Waals surface area contributed by atoms with E-state index in [1.165, 1.54) is 48.1 Å². The summed E-state index contributed by atoms with van der Waals surface area (Å²) in [6, 6.07) is 15.0. The third kappa shape index (κ3) is 4.35. The van der Waals surface area contributed by atoms with Gasteiger partial charge in [0.1, 0.15) is 12.4 Å². The summed E-state index contributed by atoms with van der Waals surface area (Å²) in [5.74, 6) is 1.82.